The maximum absolute atomic E-state index is 13.3. The van der Waals surface area contributed by atoms with Crippen molar-refractivity contribution in [1.29, 1.82) is 0 Å². The fourth-order valence-corrected chi connectivity index (χ4v) is 5.61. The highest BCUT2D eigenvalue weighted by Crippen LogP contribution is 2.36. The molecule has 0 unspecified atom stereocenters. The number of benzene rings is 1. The van der Waals surface area contributed by atoms with E-state index >= 15 is 0 Å². The second kappa shape index (κ2) is 8.93. The Balaban J connectivity index is 1.72. The van der Waals surface area contributed by atoms with Crippen LogP contribution in [0, 0.1) is 12.8 Å². The maximum Gasteiger partial charge on any atom is 0.265 e. The number of aryl methyl sites for hydroxylation is 1. The second-order valence-electron chi connectivity index (χ2n) is 8.15. The van der Waals surface area contributed by atoms with Crippen LogP contribution in [-0.4, -0.2) is 62.2 Å². The van der Waals surface area contributed by atoms with Gasteiger partial charge in [-0.05, 0) is 44.7 Å². The number of piperidine rings is 1. The molecule has 30 heavy (non-hydrogen) atoms. The maximum atomic E-state index is 13.3. The summed E-state index contributed by atoms with van der Waals surface area (Å²) in [5.41, 5.74) is 1.03. The third-order valence-corrected chi connectivity index (χ3v) is 7.89. The summed E-state index contributed by atoms with van der Waals surface area (Å²) in [5, 5.41) is 2.74. The number of ether oxygens (including phenoxy) is 1. The smallest absolute Gasteiger partial charge is 0.265 e. The number of unbranched alkanes of at least 4 members (excludes halogenated alkanes) is 1. The fourth-order valence-electron chi connectivity index (χ4n) is 3.92. The third-order valence-electron chi connectivity index (χ3n) is 5.85. The van der Waals surface area contributed by atoms with Gasteiger partial charge in [0.2, 0.25) is 15.9 Å². The van der Waals surface area contributed by atoms with Crippen molar-refractivity contribution in [1.82, 2.24) is 9.21 Å². The monoisotopic (exact) mass is 437 g/mol. The Kier molecular flexibility index (Phi) is 6.71. The zero-order chi connectivity index (χ0) is 22.1. The van der Waals surface area contributed by atoms with Crippen molar-refractivity contribution in [2.45, 2.75) is 57.5 Å². The van der Waals surface area contributed by atoms with E-state index in [1.807, 2.05) is 7.05 Å². The first kappa shape index (κ1) is 22.6. The molecule has 0 aromatic heterocycles. The quantitative estimate of drug-likeness (QED) is 0.737. The van der Waals surface area contributed by atoms with E-state index < -0.39 is 16.1 Å². The van der Waals surface area contributed by atoms with Crippen LogP contribution in [0.4, 0.5) is 5.69 Å². The number of nitrogens with zero attached hydrogens (tertiary/aromatic N) is 2. The molecule has 0 bridgehead atoms. The van der Waals surface area contributed by atoms with Crippen LogP contribution in [0.25, 0.3) is 0 Å². The summed E-state index contributed by atoms with van der Waals surface area (Å²) in [6.07, 6.45) is 2.35. The molecular formula is C21H31N3O5S. The Hall–Kier alpha value is -2.13. The minimum Gasteiger partial charge on any atom is -0.479 e. The van der Waals surface area contributed by atoms with Crippen LogP contribution in [0.1, 0.15) is 45.1 Å². The van der Waals surface area contributed by atoms with Crippen molar-refractivity contribution < 1.29 is 22.7 Å². The van der Waals surface area contributed by atoms with Crippen molar-refractivity contribution in [2.24, 2.45) is 5.92 Å². The van der Waals surface area contributed by atoms with Crippen LogP contribution in [-0.2, 0) is 19.6 Å². The van der Waals surface area contributed by atoms with Gasteiger partial charge in [0.15, 0.2) is 6.10 Å². The predicted octanol–water partition coefficient (Wildman–Crippen LogP) is 2.37. The molecule has 0 radical (unpaired) electrons. The Labute approximate surface area is 178 Å². The minimum absolute atomic E-state index is 0.101. The molecule has 2 aliphatic heterocycles. The van der Waals surface area contributed by atoms with Gasteiger partial charge >= 0.3 is 0 Å². The highest BCUT2D eigenvalue weighted by molar-refractivity contribution is 7.89. The lowest BCUT2D eigenvalue weighted by atomic mass is 9.96. The topological polar surface area (TPSA) is 96.0 Å². The van der Waals surface area contributed by atoms with Crippen molar-refractivity contribution in [3.63, 3.8) is 0 Å². The molecular weight excluding hydrogens is 406 g/mol. The van der Waals surface area contributed by atoms with Crippen LogP contribution in [0.3, 0.4) is 0 Å². The molecule has 1 N–H and O–H groups in total. The number of hydrogen-bond acceptors (Lipinski definition) is 5. The normalized spacial score (nSPS) is 20.3. The van der Waals surface area contributed by atoms with E-state index in [1.165, 1.54) is 10.4 Å². The van der Waals surface area contributed by atoms with Gasteiger partial charge in [-0.25, -0.2) is 8.42 Å². The van der Waals surface area contributed by atoms with E-state index in [2.05, 4.69) is 12.2 Å². The zero-order valence-corrected chi connectivity index (χ0v) is 18.9. The van der Waals surface area contributed by atoms with Crippen molar-refractivity contribution in [3.05, 3.63) is 17.7 Å². The van der Waals surface area contributed by atoms with Crippen LogP contribution < -0.4 is 10.1 Å². The average molecular weight is 438 g/mol. The number of anilines is 1. The van der Waals surface area contributed by atoms with Gasteiger partial charge in [-0.1, -0.05) is 13.3 Å². The molecule has 166 valence electrons. The Morgan fingerprint density at radius 2 is 1.97 bits per heavy atom. The molecule has 9 heteroatoms. The average Bonchev–Trinajstić information content (AvgIpc) is 2.72. The molecule has 2 heterocycles. The predicted molar refractivity (Wildman–Crippen MR) is 114 cm³/mol. The van der Waals surface area contributed by atoms with Crippen molar-refractivity contribution in [3.8, 4) is 5.75 Å². The standard InChI is InChI=1S/C21H31N3O5S/c1-5-6-9-23(4)21(26)16-7-10-24(11-8-16)30(27,28)19-13-18-17(12-14(19)2)22-20(25)15(3)29-18/h12-13,15-16H,5-11H2,1-4H3,(H,22,25)/t15-/m1/s1. The highest BCUT2D eigenvalue weighted by atomic mass is 32.2. The molecule has 8 nitrogen and oxygen atoms in total. The van der Waals surface area contributed by atoms with E-state index in [9.17, 15) is 18.0 Å². The van der Waals surface area contributed by atoms with E-state index in [4.69, 9.17) is 4.74 Å². The van der Waals surface area contributed by atoms with Crippen LogP contribution in [0.15, 0.2) is 17.0 Å². The van der Waals surface area contributed by atoms with E-state index in [-0.39, 0.29) is 22.6 Å². The van der Waals surface area contributed by atoms with Gasteiger partial charge in [0.1, 0.15) is 5.75 Å². The number of sulfonamides is 1. The molecule has 2 amide bonds. The van der Waals surface area contributed by atoms with Gasteiger partial charge < -0.3 is 15.0 Å². The summed E-state index contributed by atoms with van der Waals surface area (Å²) >= 11 is 0. The van der Waals surface area contributed by atoms with Gasteiger partial charge in [0.05, 0.1) is 10.6 Å². The SMILES string of the molecule is CCCCN(C)C(=O)C1CCN(S(=O)(=O)c2cc3c(cc2C)NC(=O)[C@@H](C)O3)CC1. The molecule has 1 atom stereocenters. The Bertz CT molecular complexity index is 923. The molecule has 1 saturated heterocycles. The van der Waals surface area contributed by atoms with E-state index in [0.29, 0.717) is 42.9 Å². The van der Waals surface area contributed by atoms with Gasteiger partial charge in [-0.2, -0.15) is 4.31 Å². The third kappa shape index (κ3) is 4.46. The number of amides is 2. The molecule has 1 aromatic rings. The molecule has 0 saturated carbocycles. The van der Waals surface area contributed by atoms with Crippen molar-refractivity contribution >= 4 is 27.5 Å². The summed E-state index contributed by atoms with van der Waals surface area (Å²) in [5.74, 6) is 0.0629. The van der Waals surface area contributed by atoms with E-state index in [1.54, 1.807) is 24.8 Å². The van der Waals surface area contributed by atoms with Gasteiger partial charge in [-0.15, -0.1) is 0 Å². The number of nitrogens with one attached hydrogen (secondary N) is 1. The number of fused-ring (bicyclic) bond motifs is 1. The molecule has 1 aromatic carbocycles. The lowest BCUT2D eigenvalue weighted by Crippen LogP contribution is -2.43. The lowest BCUT2D eigenvalue weighted by molar-refractivity contribution is -0.135. The van der Waals surface area contributed by atoms with Gasteiger partial charge in [0.25, 0.3) is 5.91 Å². The van der Waals surface area contributed by atoms with Crippen molar-refractivity contribution in [2.75, 3.05) is 32.0 Å². The van der Waals surface area contributed by atoms with Gasteiger partial charge in [-0.3, -0.25) is 9.59 Å². The summed E-state index contributed by atoms with van der Waals surface area (Å²) in [7, 11) is -1.91. The number of carbonyl (C=O) groups excluding carboxylic acids is 2. The number of hydrogen-bond donors (Lipinski definition) is 1. The number of carbonyl (C=O) groups is 2. The zero-order valence-electron chi connectivity index (χ0n) is 18.1. The molecule has 0 aliphatic carbocycles. The molecule has 2 aliphatic rings. The lowest BCUT2D eigenvalue weighted by Gasteiger charge is -2.33. The fraction of sp³-hybridized carbons (Fsp3) is 0.619. The van der Waals surface area contributed by atoms with Crippen LogP contribution in [0.2, 0.25) is 0 Å². The molecule has 1 fully saturated rings. The Morgan fingerprint density at radius 3 is 2.60 bits per heavy atom. The Morgan fingerprint density at radius 1 is 1.30 bits per heavy atom. The molecule has 3 rings (SSSR count). The first-order valence-corrected chi connectivity index (χ1v) is 12.0. The van der Waals surface area contributed by atoms with Crippen LogP contribution >= 0.6 is 0 Å². The highest BCUT2D eigenvalue weighted by Gasteiger charge is 2.35. The first-order valence-electron chi connectivity index (χ1n) is 10.5. The first-order chi connectivity index (χ1) is 14.1. The van der Waals surface area contributed by atoms with Crippen LogP contribution in [0.5, 0.6) is 5.75 Å². The molecule has 0 spiro atoms. The van der Waals surface area contributed by atoms with Gasteiger partial charge in [0, 0.05) is 38.7 Å². The summed E-state index contributed by atoms with van der Waals surface area (Å²) < 4.78 is 33.6. The van der Waals surface area contributed by atoms with E-state index in [0.717, 1.165) is 19.4 Å². The largest absolute Gasteiger partial charge is 0.479 e. The second-order valence-corrected chi connectivity index (χ2v) is 10.1. The summed E-state index contributed by atoms with van der Waals surface area (Å²) in [6.45, 7) is 6.76. The number of rotatable bonds is 6. The summed E-state index contributed by atoms with van der Waals surface area (Å²) in [4.78, 5) is 26.3. The summed E-state index contributed by atoms with van der Waals surface area (Å²) in [6, 6.07) is 3.12. The minimum atomic E-state index is -3.73.